The summed E-state index contributed by atoms with van der Waals surface area (Å²) >= 11 is 1.71. The van der Waals surface area contributed by atoms with Gasteiger partial charge in [-0.25, -0.2) is 0 Å². The van der Waals surface area contributed by atoms with Crippen molar-refractivity contribution in [2.45, 2.75) is 70.9 Å². The van der Waals surface area contributed by atoms with Crippen molar-refractivity contribution in [1.29, 1.82) is 0 Å². The van der Waals surface area contributed by atoms with Gasteiger partial charge in [0, 0.05) is 28.8 Å². The average molecular weight is 563 g/mol. The monoisotopic (exact) mass is 562 g/mol. The number of benzene rings is 2. The van der Waals surface area contributed by atoms with Gasteiger partial charge >= 0.3 is 0 Å². The number of methoxy groups -OCH3 is 2. The molecule has 1 aliphatic carbocycles. The van der Waals surface area contributed by atoms with Gasteiger partial charge in [-0.15, -0.1) is 11.3 Å². The van der Waals surface area contributed by atoms with Gasteiger partial charge in [-0.1, -0.05) is 55.7 Å². The fourth-order valence-corrected chi connectivity index (χ4v) is 6.36. The minimum atomic E-state index is 0.00478. The van der Waals surface area contributed by atoms with Crippen LogP contribution in [0, 0.1) is 6.92 Å². The number of carbonyl (C=O) groups excluding carboxylic acids is 2. The Bertz CT molecular complexity index is 1240. The second kappa shape index (κ2) is 14.9. The first kappa shape index (κ1) is 29.7. The molecule has 0 unspecified atom stereocenters. The molecule has 0 aliphatic heterocycles. The van der Waals surface area contributed by atoms with Crippen molar-refractivity contribution in [3.05, 3.63) is 81.5 Å². The molecule has 0 radical (unpaired) electrons. The van der Waals surface area contributed by atoms with E-state index in [9.17, 15) is 9.59 Å². The zero-order chi connectivity index (χ0) is 28.3. The normalized spacial score (nSPS) is 13.6. The smallest absolute Gasteiger partial charge is 0.242 e. The van der Waals surface area contributed by atoms with Gasteiger partial charge in [0.15, 0.2) is 11.5 Å². The molecular weight excluding hydrogens is 520 g/mol. The number of hydrogen-bond acceptors (Lipinski definition) is 5. The van der Waals surface area contributed by atoms with Crippen molar-refractivity contribution in [3.63, 3.8) is 0 Å². The predicted octanol–water partition coefficient (Wildman–Crippen LogP) is 6.44. The molecule has 1 saturated carbocycles. The zero-order valence-electron chi connectivity index (χ0n) is 24.1. The number of ether oxygens (including phenoxy) is 2. The standard InChI is InChI=1S/C33H42N2O4S/c1-25-14-17-29(40-25)23-34(21-20-27-15-18-30(38-2)31(22-27)39-3)33(37)24-35(28-12-8-5-9-13-28)32(36)19-16-26-10-6-4-7-11-26/h4,6-7,10-11,14-15,17-18,22,28H,5,8-9,12-13,16,19-21,23-24H2,1-3H3. The first-order valence-corrected chi connectivity index (χ1v) is 15.2. The van der Waals surface area contributed by atoms with Crippen molar-refractivity contribution >= 4 is 23.2 Å². The van der Waals surface area contributed by atoms with Crippen LogP contribution in [-0.2, 0) is 29.0 Å². The number of thiophene rings is 1. The molecule has 1 heterocycles. The van der Waals surface area contributed by atoms with Gasteiger partial charge in [-0.3, -0.25) is 9.59 Å². The fraction of sp³-hybridized carbons (Fsp3) is 0.455. The van der Waals surface area contributed by atoms with E-state index in [1.165, 1.54) is 11.3 Å². The molecule has 1 aromatic heterocycles. The number of amides is 2. The number of hydrogen-bond donors (Lipinski definition) is 0. The minimum Gasteiger partial charge on any atom is -0.493 e. The summed E-state index contributed by atoms with van der Waals surface area (Å²) < 4.78 is 10.9. The van der Waals surface area contributed by atoms with Crippen LogP contribution in [0.2, 0.25) is 0 Å². The molecule has 0 bridgehead atoms. The molecule has 1 fully saturated rings. The fourth-order valence-electron chi connectivity index (χ4n) is 5.45. The Morgan fingerprint density at radius 1 is 0.850 bits per heavy atom. The maximum Gasteiger partial charge on any atom is 0.242 e. The van der Waals surface area contributed by atoms with Gasteiger partial charge in [0.05, 0.1) is 20.8 Å². The molecule has 6 nitrogen and oxygen atoms in total. The molecule has 3 aromatic rings. The molecule has 40 heavy (non-hydrogen) atoms. The lowest BCUT2D eigenvalue weighted by molar-refractivity contribution is -0.143. The van der Waals surface area contributed by atoms with Crippen LogP contribution >= 0.6 is 11.3 Å². The van der Waals surface area contributed by atoms with Crippen LogP contribution in [0.25, 0.3) is 0 Å². The highest BCUT2D eigenvalue weighted by Gasteiger charge is 2.29. The Hall–Kier alpha value is -3.32. The summed E-state index contributed by atoms with van der Waals surface area (Å²) in [5.74, 6) is 1.45. The molecule has 214 valence electrons. The van der Waals surface area contributed by atoms with Crippen molar-refractivity contribution in [2.24, 2.45) is 0 Å². The minimum absolute atomic E-state index is 0.00478. The molecule has 2 aromatic carbocycles. The highest BCUT2D eigenvalue weighted by Crippen LogP contribution is 2.28. The highest BCUT2D eigenvalue weighted by atomic mass is 32.1. The van der Waals surface area contributed by atoms with E-state index in [0.717, 1.165) is 41.7 Å². The van der Waals surface area contributed by atoms with Gasteiger partial charge < -0.3 is 19.3 Å². The lowest BCUT2D eigenvalue weighted by Gasteiger charge is -2.35. The van der Waals surface area contributed by atoms with Crippen LogP contribution in [0.3, 0.4) is 0 Å². The van der Waals surface area contributed by atoms with Crippen molar-refractivity contribution in [3.8, 4) is 11.5 Å². The molecule has 2 amide bonds. The Morgan fingerprint density at radius 3 is 2.27 bits per heavy atom. The van der Waals surface area contributed by atoms with E-state index >= 15 is 0 Å². The van der Waals surface area contributed by atoms with Gasteiger partial charge in [-0.05, 0) is 68.0 Å². The largest absolute Gasteiger partial charge is 0.493 e. The van der Waals surface area contributed by atoms with Crippen LogP contribution in [0.4, 0.5) is 0 Å². The number of rotatable bonds is 13. The predicted molar refractivity (Wildman–Crippen MR) is 161 cm³/mol. The SMILES string of the molecule is COc1ccc(CCN(Cc2ccc(C)s2)C(=O)CN(C(=O)CCc2ccccc2)C2CCCCC2)cc1OC. The third-order valence-electron chi connectivity index (χ3n) is 7.73. The van der Waals surface area contributed by atoms with E-state index in [4.69, 9.17) is 9.47 Å². The van der Waals surface area contributed by atoms with Gasteiger partial charge in [0.2, 0.25) is 11.8 Å². The molecule has 7 heteroatoms. The van der Waals surface area contributed by atoms with Gasteiger partial charge in [-0.2, -0.15) is 0 Å². The Balaban J connectivity index is 1.49. The number of nitrogens with zero attached hydrogens (tertiary/aromatic N) is 2. The quantitative estimate of drug-likeness (QED) is 0.241. The van der Waals surface area contributed by atoms with Crippen molar-refractivity contribution in [1.82, 2.24) is 9.80 Å². The molecule has 0 saturated heterocycles. The topological polar surface area (TPSA) is 59.1 Å². The van der Waals surface area contributed by atoms with Crippen LogP contribution in [0.1, 0.15) is 59.4 Å². The Kier molecular flexibility index (Phi) is 11.0. The van der Waals surface area contributed by atoms with E-state index < -0.39 is 0 Å². The molecule has 0 N–H and O–H groups in total. The molecular formula is C33H42N2O4S. The van der Waals surface area contributed by atoms with Crippen LogP contribution in [-0.4, -0.2) is 55.0 Å². The summed E-state index contributed by atoms with van der Waals surface area (Å²) in [5.41, 5.74) is 2.22. The van der Waals surface area contributed by atoms with Gasteiger partial charge in [0.1, 0.15) is 6.54 Å². The van der Waals surface area contributed by atoms with Gasteiger partial charge in [0.25, 0.3) is 0 Å². The second-order valence-corrected chi connectivity index (χ2v) is 11.9. The third kappa shape index (κ3) is 8.34. The third-order valence-corrected chi connectivity index (χ3v) is 8.71. The number of carbonyl (C=O) groups is 2. The van der Waals surface area contributed by atoms with Crippen molar-refractivity contribution in [2.75, 3.05) is 27.3 Å². The van der Waals surface area contributed by atoms with E-state index in [-0.39, 0.29) is 24.4 Å². The Morgan fingerprint density at radius 2 is 1.60 bits per heavy atom. The Labute approximate surface area is 242 Å². The van der Waals surface area contributed by atoms with E-state index in [0.29, 0.717) is 43.9 Å². The summed E-state index contributed by atoms with van der Waals surface area (Å²) in [7, 11) is 3.26. The summed E-state index contributed by atoms with van der Waals surface area (Å²) in [6.45, 7) is 3.32. The lowest BCUT2D eigenvalue weighted by Crippen LogP contribution is -2.48. The zero-order valence-corrected chi connectivity index (χ0v) is 24.9. The van der Waals surface area contributed by atoms with E-state index in [2.05, 4.69) is 31.2 Å². The average Bonchev–Trinajstić information content (AvgIpc) is 3.41. The van der Waals surface area contributed by atoms with E-state index in [1.54, 1.807) is 25.6 Å². The molecule has 0 atom stereocenters. The first-order chi connectivity index (χ1) is 19.5. The summed E-state index contributed by atoms with van der Waals surface area (Å²) in [6, 6.07) is 20.3. The van der Waals surface area contributed by atoms with Crippen LogP contribution in [0.5, 0.6) is 11.5 Å². The second-order valence-electron chi connectivity index (χ2n) is 10.6. The maximum atomic E-state index is 13.9. The lowest BCUT2D eigenvalue weighted by atomic mass is 9.93. The van der Waals surface area contributed by atoms with Crippen LogP contribution < -0.4 is 9.47 Å². The number of aryl methyl sites for hydroxylation is 2. The summed E-state index contributed by atoms with van der Waals surface area (Å²) in [4.78, 5) is 33.7. The van der Waals surface area contributed by atoms with E-state index in [1.807, 2.05) is 46.2 Å². The van der Waals surface area contributed by atoms with Crippen molar-refractivity contribution < 1.29 is 19.1 Å². The molecule has 0 spiro atoms. The molecule has 4 rings (SSSR count). The maximum absolute atomic E-state index is 13.9. The van der Waals surface area contributed by atoms with Crippen LogP contribution in [0.15, 0.2) is 60.7 Å². The first-order valence-electron chi connectivity index (χ1n) is 14.3. The summed E-state index contributed by atoms with van der Waals surface area (Å²) in [5, 5.41) is 0. The molecule has 1 aliphatic rings. The highest BCUT2D eigenvalue weighted by molar-refractivity contribution is 7.11. The summed E-state index contributed by atoms with van der Waals surface area (Å²) in [6.07, 6.45) is 7.16.